The molecule has 0 saturated heterocycles. The summed E-state index contributed by atoms with van der Waals surface area (Å²) >= 11 is 4.96. The fraction of sp³-hybridized carbons (Fsp3) is 0.133. The highest BCUT2D eigenvalue weighted by Crippen LogP contribution is 2.37. The van der Waals surface area contributed by atoms with E-state index >= 15 is 0 Å². The van der Waals surface area contributed by atoms with E-state index in [1.165, 1.54) is 0 Å². The van der Waals surface area contributed by atoms with Crippen LogP contribution < -0.4 is 21.1 Å². The largest absolute Gasteiger partial charge is 0.497 e. The smallest absolute Gasteiger partial charge is 0.123 e. The van der Waals surface area contributed by atoms with Crippen molar-refractivity contribution in [1.29, 1.82) is 0 Å². The van der Waals surface area contributed by atoms with Crippen molar-refractivity contribution < 1.29 is 4.74 Å². The number of thiocarbonyl (C=S) groups is 1. The fourth-order valence-electron chi connectivity index (χ4n) is 2.25. The highest BCUT2D eigenvalue weighted by atomic mass is 32.1. The van der Waals surface area contributed by atoms with Gasteiger partial charge in [0.15, 0.2) is 0 Å². The van der Waals surface area contributed by atoms with Crippen molar-refractivity contribution in [2.45, 2.75) is 6.17 Å². The van der Waals surface area contributed by atoms with Gasteiger partial charge in [-0.2, -0.15) is 0 Å². The molecule has 20 heavy (non-hydrogen) atoms. The summed E-state index contributed by atoms with van der Waals surface area (Å²) in [5.41, 5.74) is 9.70. The molecule has 5 heteroatoms. The maximum Gasteiger partial charge on any atom is 0.123 e. The molecular formula is C15H15N3OS. The highest BCUT2D eigenvalue weighted by Gasteiger charge is 2.21. The molecule has 0 radical (unpaired) electrons. The Labute approximate surface area is 122 Å². The van der Waals surface area contributed by atoms with Gasteiger partial charge >= 0.3 is 0 Å². The molecule has 0 spiro atoms. The number of nitrogens with one attached hydrogen (secondary N) is 2. The molecule has 2 aromatic rings. The minimum atomic E-state index is 0.0394. The van der Waals surface area contributed by atoms with Crippen molar-refractivity contribution in [3.05, 3.63) is 53.6 Å². The predicted molar refractivity (Wildman–Crippen MR) is 85.3 cm³/mol. The van der Waals surface area contributed by atoms with Gasteiger partial charge in [0, 0.05) is 11.6 Å². The Hall–Kier alpha value is -2.27. The lowest BCUT2D eigenvalue weighted by molar-refractivity contribution is 0.415. The predicted octanol–water partition coefficient (Wildman–Crippen LogP) is 2.87. The van der Waals surface area contributed by atoms with Gasteiger partial charge in [-0.05, 0) is 17.7 Å². The second-order valence-electron chi connectivity index (χ2n) is 4.62. The van der Waals surface area contributed by atoms with Crippen LogP contribution in [0.15, 0.2) is 42.5 Å². The molecule has 0 aromatic heterocycles. The van der Waals surface area contributed by atoms with Crippen molar-refractivity contribution in [3.63, 3.8) is 0 Å². The summed E-state index contributed by atoms with van der Waals surface area (Å²) in [4.78, 5) is 0.414. The third-order valence-electron chi connectivity index (χ3n) is 3.35. The lowest BCUT2D eigenvalue weighted by Gasteiger charge is -2.13. The maximum absolute atomic E-state index is 5.60. The van der Waals surface area contributed by atoms with Gasteiger partial charge in [-0.15, -0.1) is 0 Å². The van der Waals surface area contributed by atoms with Crippen LogP contribution in [0.1, 0.15) is 17.3 Å². The van der Waals surface area contributed by atoms with E-state index in [9.17, 15) is 0 Å². The molecule has 1 atom stereocenters. The molecule has 4 N–H and O–H groups in total. The van der Waals surface area contributed by atoms with E-state index in [-0.39, 0.29) is 6.17 Å². The first-order valence-electron chi connectivity index (χ1n) is 6.28. The molecule has 102 valence electrons. The lowest BCUT2D eigenvalue weighted by Crippen LogP contribution is -2.13. The zero-order valence-corrected chi connectivity index (χ0v) is 11.8. The van der Waals surface area contributed by atoms with Crippen molar-refractivity contribution >= 4 is 28.6 Å². The number of nitrogens with two attached hydrogens (primary N) is 1. The molecule has 0 amide bonds. The number of hydrogen-bond acceptors (Lipinski definition) is 4. The topological polar surface area (TPSA) is 59.3 Å². The van der Waals surface area contributed by atoms with Crippen LogP contribution in [0.2, 0.25) is 0 Å². The second kappa shape index (κ2) is 5.02. The number of methoxy groups -OCH3 is 1. The van der Waals surface area contributed by atoms with Gasteiger partial charge in [-0.1, -0.05) is 36.5 Å². The molecule has 4 nitrogen and oxygen atoms in total. The van der Waals surface area contributed by atoms with Gasteiger partial charge in [0.2, 0.25) is 0 Å². The standard InChI is InChI=1S/C15H15N3OS/c1-19-11-6-7-12-13(8-11)18-15(17-12)10-4-2-9(3-5-10)14(16)20/h2-8,15,17-18H,1H3,(H2,16,20). The third-order valence-corrected chi connectivity index (χ3v) is 3.59. The summed E-state index contributed by atoms with van der Waals surface area (Å²) in [5.74, 6) is 0.836. The number of hydrogen-bond donors (Lipinski definition) is 3. The van der Waals surface area contributed by atoms with E-state index in [1.54, 1.807) is 7.11 Å². The third kappa shape index (κ3) is 2.28. The molecule has 1 unspecified atom stereocenters. The molecular weight excluding hydrogens is 270 g/mol. The first-order chi connectivity index (χ1) is 9.67. The summed E-state index contributed by atoms with van der Waals surface area (Å²) in [6.45, 7) is 0. The van der Waals surface area contributed by atoms with Crippen LogP contribution in [0, 0.1) is 0 Å². The zero-order valence-electron chi connectivity index (χ0n) is 11.0. The fourth-order valence-corrected chi connectivity index (χ4v) is 2.39. The van der Waals surface area contributed by atoms with Crippen molar-refractivity contribution in [1.82, 2.24) is 0 Å². The molecule has 1 aliphatic rings. The minimum absolute atomic E-state index is 0.0394. The summed E-state index contributed by atoms with van der Waals surface area (Å²) in [6, 6.07) is 13.8. The molecule has 2 aromatic carbocycles. The number of rotatable bonds is 3. The van der Waals surface area contributed by atoms with Gasteiger partial charge in [0.05, 0.1) is 18.5 Å². The van der Waals surface area contributed by atoms with Gasteiger partial charge in [-0.3, -0.25) is 0 Å². The van der Waals surface area contributed by atoms with Crippen LogP contribution in [-0.2, 0) is 0 Å². The van der Waals surface area contributed by atoms with Crippen LogP contribution in [0.5, 0.6) is 5.75 Å². The number of benzene rings is 2. The van der Waals surface area contributed by atoms with E-state index in [0.717, 1.165) is 28.3 Å². The Bertz CT molecular complexity index is 655. The average molecular weight is 285 g/mol. The molecule has 0 fully saturated rings. The monoisotopic (exact) mass is 285 g/mol. The first-order valence-corrected chi connectivity index (χ1v) is 6.69. The van der Waals surface area contributed by atoms with E-state index < -0.39 is 0 Å². The minimum Gasteiger partial charge on any atom is -0.497 e. The molecule has 3 rings (SSSR count). The van der Waals surface area contributed by atoms with Gasteiger partial charge in [0.1, 0.15) is 16.9 Å². The quantitative estimate of drug-likeness (QED) is 0.757. The van der Waals surface area contributed by atoms with Crippen LogP contribution in [0.4, 0.5) is 11.4 Å². The normalized spacial score (nSPS) is 15.9. The zero-order chi connectivity index (χ0) is 14.1. The van der Waals surface area contributed by atoms with Crippen molar-refractivity contribution in [2.24, 2.45) is 5.73 Å². The van der Waals surface area contributed by atoms with Crippen LogP contribution in [0.3, 0.4) is 0 Å². The number of fused-ring (bicyclic) bond motifs is 1. The van der Waals surface area contributed by atoms with Crippen LogP contribution in [-0.4, -0.2) is 12.1 Å². The molecule has 0 aliphatic carbocycles. The van der Waals surface area contributed by atoms with Gasteiger partial charge in [-0.25, -0.2) is 0 Å². The summed E-state index contributed by atoms with van der Waals surface area (Å²) in [5, 5.41) is 6.84. The van der Waals surface area contributed by atoms with E-state index in [2.05, 4.69) is 10.6 Å². The van der Waals surface area contributed by atoms with Crippen LogP contribution in [0.25, 0.3) is 0 Å². The Morgan fingerprint density at radius 1 is 1.10 bits per heavy atom. The Kier molecular flexibility index (Phi) is 3.20. The molecule has 0 saturated carbocycles. The SMILES string of the molecule is COc1ccc2c(c1)NC(c1ccc(C(N)=S)cc1)N2. The van der Waals surface area contributed by atoms with Gasteiger partial charge in [0.25, 0.3) is 0 Å². The summed E-state index contributed by atoms with van der Waals surface area (Å²) in [7, 11) is 1.66. The summed E-state index contributed by atoms with van der Waals surface area (Å²) in [6.07, 6.45) is 0.0394. The van der Waals surface area contributed by atoms with Crippen molar-refractivity contribution in [2.75, 3.05) is 17.7 Å². The first kappa shape index (κ1) is 12.7. The lowest BCUT2D eigenvalue weighted by atomic mass is 10.1. The average Bonchev–Trinajstić information content (AvgIpc) is 2.90. The van der Waals surface area contributed by atoms with Gasteiger partial charge < -0.3 is 21.1 Å². The molecule has 1 aliphatic heterocycles. The molecule has 0 bridgehead atoms. The second-order valence-corrected chi connectivity index (χ2v) is 5.06. The van der Waals surface area contributed by atoms with E-state index in [1.807, 2.05) is 42.5 Å². The Balaban J connectivity index is 1.82. The van der Waals surface area contributed by atoms with Crippen LogP contribution >= 0.6 is 12.2 Å². The highest BCUT2D eigenvalue weighted by molar-refractivity contribution is 7.80. The number of anilines is 2. The number of ether oxygens (including phenoxy) is 1. The van der Waals surface area contributed by atoms with Crippen molar-refractivity contribution in [3.8, 4) is 5.75 Å². The van der Waals surface area contributed by atoms with E-state index in [4.69, 9.17) is 22.7 Å². The van der Waals surface area contributed by atoms with E-state index in [0.29, 0.717) is 4.99 Å². The Morgan fingerprint density at radius 3 is 2.45 bits per heavy atom. The summed E-state index contributed by atoms with van der Waals surface area (Å²) < 4.78 is 5.23. The maximum atomic E-state index is 5.60. The Morgan fingerprint density at radius 2 is 1.80 bits per heavy atom. The molecule has 1 heterocycles.